The van der Waals surface area contributed by atoms with Crippen LogP contribution in [0.15, 0.2) is 22.7 Å². The maximum atomic E-state index is 12.1. The lowest BCUT2D eigenvalue weighted by Crippen LogP contribution is -2.28. The van der Waals surface area contributed by atoms with Gasteiger partial charge in [0.15, 0.2) is 0 Å². The molecular weight excluding hydrogens is 268 g/mol. The van der Waals surface area contributed by atoms with Gasteiger partial charge < -0.3 is 10.6 Å². The number of likely N-dealkylation sites (tertiary alicyclic amines) is 1. The zero-order valence-corrected chi connectivity index (χ0v) is 10.8. The van der Waals surface area contributed by atoms with Gasteiger partial charge in [-0.2, -0.15) is 0 Å². The van der Waals surface area contributed by atoms with Gasteiger partial charge in [-0.15, -0.1) is 0 Å². The molecule has 1 atom stereocenters. The van der Waals surface area contributed by atoms with Crippen LogP contribution in [0.3, 0.4) is 0 Å². The quantitative estimate of drug-likeness (QED) is 0.805. The molecule has 0 bridgehead atoms. The van der Waals surface area contributed by atoms with Crippen molar-refractivity contribution in [3.63, 3.8) is 0 Å². The van der Waals surface area contributed by atoms with Gasteiger partial charge in [0, 0.05) is 28.8 Å². The van der Waals surface area contributed by atoms with Gasteiger partial charge in [0.1, 0.15) is 0 Å². The molecule has 2 N–H and O–H groups in total. The predicted octanol–water partition coefficient (Wildman–Crippen LogP) is 2.51. The minimum Gasteiger partial charge on any atom is -0.399 e. The van der Waals surface area contributed by atoms with E-state index in [0.717, 1.165) is 24.0 Å². The van der Waals surface area contributed by atoms with Crippen molar-refractivity contribution in [2.24, 2.45) is 5.92 Å². The van der Waals surface area contributed by atoms with Crippen molar-refractivity contribution in [1.82, 2.24) is 4.90 Å². The summed E-state index contributed by atoms with van der Waals surface area (Å²) in [5.74, 6) is 0.686. The van der Waals surface area contributed by atoms with Crippen molar-refractivity contribution in [3.05, 3.63) is 28.2 Å². The molecular formula is C12H15BrN2O. The zero-order valence-electron chi connectivity index (χ0n) is 9.24. The number of nitrogens with zero attached hydrogens (tertiary/aromatic N) is 1. The van der Waals surface area contributed by atoms with E-state index < -0.39 is 0 Å². The number of hydrogen-bond acceptors (Lipinski definition) is 2. The van der Waals surface area contributed by atoms with Crippen molar-refractivity contribution in [1.29, 1.82) is 0 Å². The molecule has 0 aliphatic carbocycles. The van der Waals surface area contributed by atoms with Crippen LogP contribution in [-0.4, -0.2) is 23.9 Å². The Morgan fingerprint density at radius 2 is 2.25 bits per heavy atom. The summed E-state index contributed by atoms with van der Waals surface area (Å²) in [6, 6.07) is 5.35. The number of carbonyl (C=O) groups excluding carboxylic acids is 1. The van der Waals surface area contributed by atoms with Crippen LogP contribution in [0, 0.1) is 5.92 Å². The van der Waals surface area contributed by atoms with E-state index >= 15 is 0 Å². The summed E-state index contributed by atoms with van der Waals surface area (Å²) in [7, 11) is 0. The fraction of sp³-hybridized carbons (Fsp3) is 0.417. The highest BCUT2D eigenvalue weighted by Crippen LogP contribution is 2.22. The molecule has 3 nitrogen and oxygen atoms in total. The van der Waals surface area contributed by atoms with E-state index in [-0.39, 0.29) is 5.91 Å². The summed E-state index contributed by atoms with van der Waals surface area (Å²) in [6.45, 7) is 3.88. The van der Waals surface area contributed by atoms with Gasteiger partial charge in [-0.05, 0) is 30.5 Å². The van der Waals surface area contributed by atoms with E-state index in [1.54, 1.807) is 12.1 Å². The van der Waals surface area contributed by atoms with Crippen molar-refractivity contribution < 1.29 is 4.79 Å². The Balaban J connectivity index is 2.20. The summed E-state index contributed by atoms with van der Waals surface area (Å²) in [4.78, 5) is 14.0. The van der Waals surface area contributed by atoms with Crippen LogP contribution in [0.4, 0.5) is 5.69 Å². The largest absolute Gasteiger partial charge is 0.399 e. The minimum atomic E-state index is 0.0809. The molecule has 0 aromatic heterocycles. The molecule has 0 saturated carbocycles. The number of rotatable bonds is 1. The molecule has 1 fully saturated rings. The van der Waals surface area contributed by atoms with Crippen LogP contribution in [0.5, 0.6) is 0 Å². The predicted molar refractivity (Wildman–Crippen MR) is 68.2 cm³/mol. The van der Waals surface area contributed by atoms with Crippen LogP contribution in [-0.2, 0) is 0 Å². The number of amides is 1. The summed E-state index contributed by atoms with van der Waals surface area (Å²) in [6.07, 6.45) is 1.09. The second kappa shape index (κ2) is 4.45. The Hall–Kier alpha value is -1.03. The maximum Gasteiger partial charge on any atom is 0.253 e. The first-order valence-corrected chi connectivity index (χ1v) is 6.21. The van der Waals surface area contributed by atoms with Gasteiger partial charge >= 0.3 is 0 Å². The Labute approximate surface area is 104 Å². The molecule has 4 heteroatoms. The Morgan fingerprint density at radius 1 is 1.50 bits per heavy atom. The zero-order chi connectivity index (χ0) is 11.7. The fourth-order valence-electron chi connectivity index (χ4n) is 2.04. The number of anilines is 1. The number of hydrogen-bond donors (Lipinski definition) is 1. The van der Waals surface area contributed by atoms with Crippen LogP contribution in [0.25, 0.3) is 0 Å². The molecule has 1 aromatic rings. The maximum absolute atomic E-state index is 12.1. The first-order valence-electron chi connectivity index (χ1n) is 5.41. The van der Waals surface area contributed by atoms with Gasteiger partial charge in [0.05, 0.1) is 0 Å². The summed E-state index contributed by atoms with van der Waals surface area (Å²) < 4.78 is 0.850. The number of halogens is 1. The molecule has 1 amide bonds. The normalized spacial score (nSPS) is 20.1. The van der Waals surface area contributed by atoms with Crippen molar-refractivity contribution in [3.8, 4) is 0 Å². The van der Waals surface area contributed by atoms with Crippen LogP contribution < -0.4 is 5.73 Å². The molecule has 0 radical (unpaired) electrons. The van der Waals surface area contributed by atoms with Gasteiger partial charge in [0.25, 0.3) is 5.91 Å². The lowest BCUT2D eigenvalue weighted by atomic mass is 10.1. The summed E-state index contributed by atoms with van der Waals surface area (Å²) >= 11 is 3.35. The van der Waals surface area contributed by atoms with E-state index in [1.165, 1.54) is 0 Å². The summed E-state index contributed by atoms with van der Waals surface area (Å²) in [5.41, 5.74) is 7.01. The van der Waals surface area contributed by atoms with Gasteiger partial charge in [-0.3, -0.25) is 4.79 Å². The molecule has 2 rings (SSSR count). The third-order valence-electron chi connectivity index (χ3n) is 2.88. The van der Waals surface area contributed by atoms with Crippen molar-refractivity contribution in [2.75, 3.05) is 18.8 Å². The first kappa shape index (κ1) is 11.5. The third-order valence-corrected chi connectivity index (χ3v) is 3.34. The van der Waals surface area contributed by atoms with Gasteiger partial charge in [-0.25, -0.2) is 0 Å². The highest BCUT2D eigenvalue weighted by molar-refractivity contribution is 9.10. The topological polar surface area (TPSA) is 46.3 Å². The first-order chi connectivity index (χ1) is 7.56. The lowest BCUT2D eigenvalue weighted by Gasteiger charge is -2.16. The van der Waals surface area contributed by atoms with E-state index in [4.69, 9.17) is 5.73 Å². The van der Waals surface area contributed by atoms with E-state index in [9.17, 15) is 4.79 Å². The molecule has 1 heterocycles. The lowest BCUT2D eigenvalue weighted by molar-refractivity contribution is 0.0788. The SMILES string of the molecule is CC1CCN(C(=O)c2cc(N)cc(Br)c2)C1. The molecule has 1 unspecified atom stereocenters. The minimum absolute atomic E-state index is 0.0809. The third kappa shape index (κ3) is 2.38. The number of carbonyl (C=O) groups is 1. The molecule has 86 valence electrons. The average molecular weight is 283 g/mol. The van der Waals surface area contributed by atoms with Crippen molar-refractivity contribution >= 4 is 27.5 Å². The average Bonchev–Trinajstić information content (AvgIpc) is 2.62. The van der Waals surface area contributed by atoms with Gasteiger partial charge in [-0.1, -0.05) is 22.9 Å². The van der Waals surface area contributed by atoms with E-state index in [2.05, 4.69) is 22.9 Å². The van der Waals surface area contributed by atoms with Crippen LogP contribution in [0.2, 0.25) is 0 Å². The number of nitrogen functional groups attached to an aromatic ring is 1. The highest BCUT2D eigenvalue weighted by atomic mass is 79.9. The summed E-state index contributed by atoms with van der Waals surface area (Å²) in [5, 5.41) is 0. The Morgan fingerprint density at radius 3 is 2.81 bits per heavy atom. The number of benzene rings is 1. The monoisotopic (exact) mass is 282 g/mol. The molecule has 1 aliphatic rings. The van der Waals surface area contributed by atoms with Crippen LogP contribution >= 0.6 is 15.9 Å². The number of nitrogens with two attached hydrogens (primary N) is 1. The second-order valence-corrected chi connectivity index (χ2v) is 5.33. The highest BCUT2D eigenvalue weighted by Gasteiger charge is 2.24. The Bertz CT molecular complexity index is 399. The molecule has 1 aliphatic heterocycles. The van der Waals surface area contributed by atoms with E-state index in [0.29, 0.717) is 17.2 Å². The standard InChI is InChI=1S/C12H15BrN2O/c1-8-2-3-15(7-8)12(16)9-4-10(13)6-11(14)5-9/h4-6,8H,2-3,7,14H2,1H3. The van der Waals surface area contributed by atoms with E-state index in [1.807, 2.05) is 11.0 Å². The fourth-order valence-corrected chi connectivity index (χ4v) is 2.55. The molecule has 1 aromatic carbocycles. The van der Waals surface area contributed by atoms with Crippen LogP contribution in [0.1, 0.15) is 23.7 Å². The molecule has 1 saturated heterocycles. The second-order valence-electron chi connectivity index (χ2n) is 4.42. The molecule has 0 spiro atoms. The smallest absolute Gasteiger partial charge is 0.253 e. The molecule has 16 heavy (non-hydrogen) atoms. The van der Waals surface area contributed by atoms with Gasteiger partial charge in [0.2, 0.25) is 0 Å². The van der Waals surface area contributed by atoms with Crippen molar-refractivity contribution in [2.45, 2.75) is 13.3 Å². The Kier molecular flexibility index (Phi) is 3.19.